The lowest BCUT2D eigenvalue weighted by Gasteiger charge is -2.26. The summed E-state index contributed by atoms with van der Waals surface area (Å²) in [6.45, 7) is 5.02. The van der Waals surface area contributed by atoms with Crippen molar-refractivity contribution >= 4 is 29.1 Å². The predicted molar refractivity (Wildman–Crippen MR) is 121 cm³/mol. The van der Waals surface area contributed by atoms with Crippen molar-refractivity contribution in [2.24, 2.45) is 0 Å². The summed E-state index contributed by atoms with van der Waals surface area (Å²) in [5, 5.41) is 11.5. The number of hydrogen-bond acceptors (Lipinski definition) is 6. The number of aliphatic hydroxyl groups excluding tert-OH is 1. The summed E-state index contributed by atoms with van der Waals surface area (Å²) in [6.07, 6.45) is 0. The topological polar surface area (TPSA) is 85.3 Å². The van der Waals surface area contributed by atoms with Crippen LogP contribution in [-0.4, -0.2) is 55.2 Å². The van der Waals surface area contributed by atoms with E-state index in [-0.39, 0.29) is 24.5 Å². The number of ketones is 1. The molecule has 1 unspecified atom stereocenters. The van der Waals surface area contributed by atoms with Gasteiger partial charge in [0.1, 0.15) is 5.76 Å². The van der Waals surface area contributed by atoms with Crippen molar-refractivity contribution in [3.63, 3.8) is 0 Å². The third-order valence-corrected chi connectivity index (χ3v) is 5.33. The Labute approximate surface area is 192 Å². The van der Waals surface area contributed by atoms with Crippen LogP contribution in [0.2, 0.25) is 5.02 Å². The molecule has 32 heavy (non-hydrogen) atoms. The van der Waals surface area contributed by atoms with Crippen LogP contribution in [0.15, 0.2) is 48.0 Å². The van der Waals surface area contributed by atoms with Gasteiger partial charge in [-0.2, -0.15) is 0 Å². The number of ether oxygens (including phenoxy) is 3. The number of carbonyl (C=O) groups is 2. The van der Waals surface area contributed by atoms with Crippen molar-refractivity contribution in [1.29, 1.82) is 0 Å². The molecule has 0 radical (unpaired) electrons. The number of aliphatic hydroxyl groups is 1. The third kappa shape index (κ3) is 4.74. The van der Waals surface area contributed by atoms with E-state index in [4.69, 9.17) is 25.8 Å². The second-order valence-electron chi connectivity index (χ2n) is 7.06. The Hall–Kier alpha value is -3.03. The number of hydrogen-bond donors (Lipinski definition) is 1. The molecule has 0 aliphatic carbocycles. The van der Waals surface area contributed by atoms with Crippen molar-refractivity contribution in [2.45, 2.75) is 19.9 Å². The lowest BCUT2D eigenvalue weighted by molar-refractivity contribution is -0.140. The van der Waals surface area contributed by atoms with Crippen LogP contribution in [0.1, 0.15) is 31.0 Å². The molecule has 7 nitrogen and oxygen atoms in total. The first-order valence-electron chi connectivity index (χ1n) is 10.4. The molecule has 1 amide bonds. The fourth-order valence-corrected chi connectivity index (χ4v) is 3.77. The van der Waals surface area contributed by atoms with Crippen LogP contribution in [0, 0.1) is 0 Å². The number of likely N-dealkylation sites (tertiary alicyclic amines) is 1. The average molecular weight is 460 g/mol. The maximum atomic E-state index is 13.0. The molecule has 8 heteroatoms. The number of nitrogens with zero attached hydrogens (tertiary/aromatic N) is 1. The summed E-state index contributed by atoms with van der Waals surface area (Å²) >= 11 is 5.95. The molecule has 2 aromatic carbocycles. The molecule has 0 saturated carbocycles. The number of benzene rings is 2. The molecule has 1 N–H and O–H groups in total. The van der Waals surface area contributed by atoms with Crippen LogP contribution in [0.3, 0.4) is 0 Å². The van der Waals surface area contributed by atoms with Gasteiger partial charge in [0.05, 0.1) is 31.4 Å². The molecule has 0 aromatic heterocycles. The number of rotatable bonds is 9. The van der Waals surface area contributed by atoms with Crippen LogP contribution in [-0.2, 0) is 14.3 Å². The van der Waals surface area contributed by atoms with Crippen LogP contribution < -0.4 is 9.47 Å². The molecule has 1 aliphatic heterocycles. The normalized spacial score (nSPS) is 17.6. The first-order chi connectivity index (χ1) is 15.4. The van der Waals surface area contributed by atoms with Gasteiger partial charge in [0.15, 0.2) is 11.5 Å². The van der Waals surface area contributed by atoms with E-state index in [0.29, 0.717) is 40.9 Å². The largest absolute Gasteiger partial charge is 0.507 e. The lowest BCUT2D eigenvalue weighted by atomic mass is 9.95. The third-order valence-electron chi connectivity index (χ3n) is 5.08. The maximum Gasteiger partial charge on any atom is 0.295 e. The zero-order valence-corrected chi connectivity index (χ0v) is 19.0. The summed E-state index contributed by atoms with van der Waals surface area (Å²) < 4.78 is 16.5. The van der Waals surface area contributed by atoms with Crippen molar-refractivity contribution in [2.75, 3.05) is 33.5 Å². The Morgan fingerprint density at radius 3 is 2.31 bits per heavy atom. The molecule has 1 heterocycles. The van der Waals surface area contributed by atoms with Gasteiger partial charge in [0.2, 0.25) is 0 Å². The highest BCUT2D eigenvalue weighted by Gasteiger charge is 2.46. The molecule has 1 aliphatic rings. The molecule has 0 spiro atoms. The van der Waals surface area contributed by atoms with Crippen molar-refractivity contribution in [3.05, 3.63) is 64.2 Å². The fourth-order valence-electron chi connectivity index (χ4n) is 3.65. The summed E-state index contributed by atoms with van der Waals surface area (Å²) in [6, 6.07) is 10.8. The highest BCUT2D eigenvalue weighted by molar-refractivity contribution is 6.46. The van der Waals surface area contributed by atoms with Gasteiger partial charge in [0, 0.05) is 24.2 Å². The van der Waals surface area contributed by atoms with E-state index in [1.807, 2.05) is 13.8 Å². The van der Waals surface area contributed by atoms with Crippen LogP contribution >= 0.6 is 11.6 Å². The summed E-state index contributed by atoms with van der Waals surface area (Å²) in [4.78, 5) is 27.3. The smallest absolute Gasteiger partial charge is 0.295 e. The minimum atomic E-state index is -0.810. The van der Waals surface area contributed by atoms with Gasteiger partial charge in [-0.3, -0.25) is 9.59 Å². The van der Waals surface area contributed by atoms with Gasteiger partial charge >= 0.3 is 0 Å². The molecule has 1 saturated heterocycles. The molecule has 3 rings (SSSR count). The van der Waals surface area contributed by atoms with E-state index in [9.17, 15) is 14.7 Å². The summed E-state index contributed by atoms with van der Waals surface area (Å²) in [7, 11) is 1.52. The van der Waals surface area contributed by atoms with E-state index in [2.05, 4.69) is 0 Å². The minimum absolute atomic E-state index is 0.0000314. The Balaban J connectivity index is 2.17. The highest BCUT2D eigenvalue weighted by atomic mass is 35.5. The summed E-state index contributed by atoms with van der Waals surface area (Å²) in [5.74, 6) is -0.670. The molecule has 1 fully saturated rings. The van der Waals surface area contributed by atoms with Crippen molar-refractivity contribution in [1.82, 2.24) is 4.90 Å². The Kier molecular flexibility index (Phi) is 7.77. The molecule has 170 valence electrons. The van der Waals surface area contributed by atoms with E-state index < -0.39 is 17.7 Å². The lowest BCUT2D eigenvalue weighted by Crippen LogP contribution is -2.32. The van der Waals surface area contributed by atoms with Gasteiger partial charge in [-0.15, -0.1) is 0 Å². The van der Waals surface area contributed by atoms with E-state index in [1.165, 1.54) is 12.0 Å². The first-order valence-corrected chi connectivity index (χ1v) is 10.7. The Morgan fingerprint density at radius 2 is 1.69 bits per heavy atom. The number of amides is 1. The van der Waals surface area contributed by atoms with Crippen LogP contribution in [0.25, 0.3) is 5.76 Å². The van der Waals surface area contributed by atoms with Crippen LogP contribution in [0.5, 0.6) is 11.5 Å². The molecule has 1 atom stereocenters. The maximum absolute atomic E-state index is 13.0. The molecular formula is C24H26ClNO6. The number of halogens is 1. The first kappa shape index (κ1) is 23.6. The number of methoxy groups -OCH3 is 1. The van der Waals surface area contributed by atoms with Gasteiger partial charge in [0.25, 0.3) is 11.7 Å². The quantitative estimate of drug-likeness (QED) is 0.343. The van der Waals surface area contributed by atoms with Gasteiger partial charge in [-0.05, 0) is 55.8 Å². The fraction of sp³-hybridized carbons (Fsp3) is 0.333. The average Bonchev–Trinajstić information content (AvgIpc) is 3.04. The van der Waals surface area contributed by atoms with Gasteiger partial charge < -0.3 is 24.2 Å². The second-order valence-corrected chi connectivity index (χ2v) is 7.50. The molecule has 0 bridgehead atoms. The van der Waals surface area contributed by atoms with Crippen LogP contribution in [0.4, 0.5) is 0 Å². The van der Waals surface area contributed by atoms with E-state index >= 15 is 0 Å². The summed E-state index contributed by atoms with van der Waals surface area (Å²) in [5.41, 5.74) is 1.00. The van der Waals surface area contributed by atoms with Crippen molar-refractivity contribution < 1.29 is 28.9 Å². The van der Waals surface area contributed by atoms with Crippen molar-refractivity contribution in [3.8, 4) is 11.5 Å². The monoisotopic (exact) mass is 459 g/mol. The molecule has 2 aromatic rings. The van der Waals surface area contributed by atoms with E-state index in [0.717, 1.165) is 0 Å². The number of carbonyl (C=O) groups excluding carboxylic acids is 2. The van der Waals surface area contributed by atoms with Gasteiger partial charge in [-0.1, -0.05) is 17.7 Å². The van der Waals surface area contributed by atoms with Gasteiger partial charge in [-0.25, -0.2) is 0 Å². The Morgan fingerprint density at radius 1 is 1.03 bits per heavy atom. The highest BCUT2D eigenvalue weighted by Crippen LogP contribution is 2.42. The zero-order valence-electron chi connectivity index (χ0n) is 18.3. The number of Topliss-reactive ketones (excluding diaryl/α,β-unsaturated/α-hetero) is 1. The standard InChI is InChI=1S/C24H26ClNO6/c1-4-31-18-11-8-16(14-19(18)32-5-2)21-20(22(27)15-6-9-17(25)10-7-15)23(28)24(29)26(21)12-13-30-3/h6-11,14,21,27H,4-5,12-13H2,1-3H3. The molecular weight excluding hydrogens is 434 g/mol. The predicted octanol–water partition coefficient (Wildman–Crippen LogP) is 4.21. The SMILES string of the molecule is CCOc1ccc(C2C(=C(O)c3ccc(Cl)cc3)C(=O)C(=O)N2CCOC)cc1OCC. The van der Waals surface area contributed by atoms with E-state index in [1.54, 1.807) is 42.5 Å². The minimum Gasteiger partial charge on any atom is -0.507 e. The Bertz CT molecular complexity index is 1020. The second kappa shape index (κ2) is 10.5. The zero-order chi connectivity index (χ0) is 23.3.